The van der Waals surface area contributed by atoms with Crippen LogP contribution in [0.25, 0.3) is 0 Å². The predicted molar refractivity (Wildman–Crippen MR) is 71.5 cm³/mol. The van der Waals surface area contributed by atoms with Crippen LogP contribution in [0, 0.1) is 5.92 Å². The van der Waals surface area contributed by atoms with E-state index >= 15 is 0 Å². The Kier molecular flexibility index (Phi) is 4.61. The summed E-state index contributed by atoms with van der Waals surface area (Å²) in [6, 6.07) is 7.62. The molecule has 2 atom stereocenters. The molecule has 1 aliphatic rings. The fourth-order valence-corrected chi connectivity index (χ4v) is 2.61. The zero-order valence-corrected chi connectivity index (χ0v) is 11.0. The van der Waals surface area contributed by atoms with E-state index in [2.05, 4.69) is 5.32 Å². The summed E-state index contributed by atoms with van der Waals surface area (Å²) < 4.78 is 0. The topological polar surface area (TPSA) is 49.3 Å². The minimum Gasteiger partial charge on any atom is -0.392 e. The number of halogens is 1. The molecule has 1 aromatic rings. The Morgan fingerprint density at radius 2 is 2.28 bits per heavy atom. The number of aliphatic hydroxyl groups is 1. The summed E-state index contributed by atoms with van der Waals surface area (Å²) in [5.41, 5.74) is 1.11. The maximum atomic E-state index is 11.8. The van der Waals surface area contributed by atoms with Gasteiger partial charge in [-0.15, -0.1) is 0 Å². The van der Waals surface area contributed by atoms with Crippen LogP contribution in [0.1, 0.15) is 24.8 Å². The van der Waals surface area contributed by atoms with Crippen molar-refractivity contribution in [3.8, 4) is 0 Å². The van der Waals surface area contributed by atoms with E-state index in [9.17, 15) is 9.90 Å². The van der Waals surface area contributed by atoms with E-state index in [1.807, 2.05) is 24.3 Å². The lowest BCUT2D eigenvalue weighted by molar-refractivity contribution is -0.127. The van der Waals surface area contributed by atoms with Gasteiger partial charge in [0.05, 0.1) is 12.0 Å². The molecule has 3 nitrogen and oxygen atoms in total. The Labute approximate surface area is 112 Å². The van der Waals surface area contributed by atoms with E-state index < -0.39 is 6.10 Å². The number of benzene rings is 1. The average Bonchev–Trinajstić information content (AvgIpc) is 2.75. The molecule has 0 aliphatic heterocycles. The molecule has 1 aliphatic carbocycles. The predicted octanol–water partition coefficient (Wildman–Crippen LogP) is 2.16. The van der Waals surface area contributed by atoms with Crippen molar-refractivity contribution in [1.82, 2.24) is 5.32 Å². The summed E-state index contributed by atoms with van der Waals surface area (Å²) in [4.78, 5) is 11.8. The molecule has 1 saturated carbocycles. The molecule has 1 aromatic carbocycles. The molecule has 0 radical (unpaired) electrons. The summed E-state index contributed by atoms with van der Waals surface area (Å²) in [6.45, 7) is 0.586. The second-order valence-corrected chi connectivity index (χ2v) is 5.21. The molecule has 2 rings (SSSR count). The smallest absolute Gasteiger partial charge is 0.225 e. The molecule has 0 heterocycles. The van der Waals surface area contributed by atoms with E-state index in [-0.39, 0.29) is 11.8 Å². The molecule has 1 fully saturated rings. The summed E-state index contributed by atoms with van der Waals surface area (Å²) in [7, 11) is 0. The van der Waals surface area contributed by atoms with E-state index in [4.69, 9.17) is 11.6 Å². The first-order valence-electron chi connectivity index (χ1n) is 6.37. The Balaban J connectivity index is 1.77. The van der Waals surface area contributed by atoms with Gasteiger partial charge in [0.15, 0.2) is 0 Å². The summed E-state index contributed by atoms with van der Waals surface area (Å²) >= 11 is 5.89. The molecule has 0 spiro atoms. The first-order chi connectivity index (χ1) is 8.66. The Morgan fingerprint density at radius 3 is 2.94 bits per heavy atom. The highest BCUT2D eigenvalue weighted by atomic mass is 35.5. The standard InChI is InChI=1S/C14H18ClNO2/c15-11-4-1-3-10(9-11)7-8-16-14(18)12-5-2-6-13(12)17/h1,3-4,9,12-13,17H,2,5-8H2,(H,16,18). The lowest BCUT2D eigenvalue weighted by atomic mass is 10.1. The van der Waals surface area contributed by atoms with Crippen LogP contribution < -0.4 is 5.32 Å². The summed E-state index contributed by atoms with van der Waals surface area (Å²) in [5.74, 6) is -0.244. The second kappa shape index (κ2) is 6.21. The monoisotopic (exact) mass is 267 g/mol. The van der Waals surface area contributed by atoms with Gasteiger partial charge in [0.2, 0.25) is 5.91 Å². The van der Waals surface area contributed by atoms with Gasteiger partial charge >= 0.3 is 0 Å². The van der Waals surface area contributed by atoms with E-state index in [0.29, 0.717) is 11.6 Å². The quantitative estimate of drug-likeness (QED) is 0.878. The minimum atomic E-state index is -0.462. The molecule has 98 valence electrons. The van der Waals surface area contributed by atoms with Crippen molar-refractivity contribution >= 4 is 17.5 Å². The molecule has 2 unspecified atom stereocenters. The third-order valence-corrected chi connectivity index (χ3v) is 3.65. The van der Waals surface area contributed by atoms with Crippen molar-refractivity contribution in [3.05, 3.63) is 34.9 Å². The number of hydrogen-bond acceptors (Lipinski definition) is 2. The molecule has 0 bridgehead atoms. The number of amides is 1. The third kappa shape index (κ3) is 3.47. The van der Waals surface area contributed by atoms with Crippen LogP contribution in [0.2, 0.25) is 5.02 Å². The second-order valence-electron chi connectivity index (χ2n) is 4.78. The van der Waals surface area contributed by atoms with Gasteiger partial charge in [0, 0.05) is 11.6 Å². The minimum absolute atomic E-state index is 0.0259. The van der Waals surface area contributed by atoms with Gasteiger partial charge in [0.25, 0.3) is 0 Å². The van der Waals surface area contributed by atoms with Crippen LogP contribution in [0.3, 0.4) is 0 Å². The largest absolute Gasteiger partial charge is 0.392 e. The number of carbonyl (C=O) groups is 1. The first kappa shape index (κ1) is 13.4. The Bertz CT molecular complexity index is 422. The van der Waals surface area contributed by atoms with Gasteiger partial charge in [0.1, 0.15) is 0 Å². The summed E-state index contributed by atoms with van der Waals surface area (Å²) in [5, 5.41) is 13.2. The first-order valence-corrected chi connectivity index (χ1v) is 6.75. The van der Waals surface area contributed by atoms with Crippen molar-refractivity contribution in [2.75, 3.05) is 6.54 Å². The maximum absolute atomic E-state index is 11.8. The van der Waals surface area contributed by atoms with Crippen LogP contribution in [0.15, 0.2) is 24.3 Å². The number of hydrogen-bond donors (Lipinski definition) is 2. The van der Waals surface area contributed by atoms with Crippen molar-refractivity contribution in [1.29, 1.82) is 0 Å². The fraction of sp³-hybridized carbons (Fsp3) is 0.500. The van der Waals surface area contributed by atoms with Crippen LogP contribution in [0.4, 0.5) is 0 Å². The SMILES string of the molecule is O=C(NCCc1cccc(Cl)c1)C1CCCC1O. The van der Waals surface area contributed by atoms with Gasteiger partial charge < -0.3 is 10.4 Å². The molecular formula is C14H18ClNO2. The maximum Gasteiger partial charge on any atom is 0.225 e. The molecule has 0 saturated heterocycles. The third-order valence-electron chi connectivity index (χ3n) is 3.42. The molecule has 18 heavy (non-hydrogen) atoms. The Morgan fingerprint density at radius 1 is 1.44 bits per heavy atom. The average molecular weight is 268 g/mol. The van der Waals surface area contributed by atoms with Gasteiger partial charge in [-0.1, -0.05) is 23.7 Å². The van der Waals surface area contributed by atoms with Crippen LogP contribution in [-0.2, 0) is 11.2 Å². The van der Waals surface area contributed by atoms with Crippen molar-refractivity contribution in [2.45, 2.75) is 31.8 Å². The zero-order valence-electron chi connectivity index (χ0n) is 10.2. The number of nitrogens with one attached hydrogen (secondary N) is 1. The highest BCUT2D eigenvalue weighted by molar-refractivity contribution is 6.30. The van der Waals surface area contributed by atoms with Crippen LogP contribution >= 0.6 is 11.6 Å². The number of aliphatic hydroxyl groups excluding tert-OH is 1. The highest BCUT2D eigenvalue weighted by Crippen LogP contribution is 2.25. The van der Waals surface area contributed by atoms with Crippen LogP contribution in [0.5, 0.6) is 0 Å². The molecule has 4 heteroatoms. The lowest BCUT2D eigenvalue weighted by Crippen LogP contribution is -2.35. The van der Waals surface area contributed by atoms with E-state index in [0.717, 1.165) is 31.2 Å². The Hall–Kier alpha value is -1.06. The van der Waals surface area contributed by atoms with Crippen molar-refractivity contribution in [3.63, 3.8) is 0 Å². The number of rotatable bonds is 4. The molecule has 1 amide bonds. The molecule has 0 aromatic heterocycles. The van der Waals surface area contributed by atoms with Crippen LogP contribution in [-0.4, -0.2) is 23.7 Å². The fourth-order valence-electron chi connectivity index (χ4n) is 2.40. The zero-order chi connectivity index (χ0) is 13.0. The summed E-state index contributed by atoms with van der Waals surface area (Å²) in [6.07, 6.45) is 2.77. The van der Waals surface area contributed by atoms with Gasteiger partial charge in [-0.05, 0) is 43.4 Å². The van der Waals surface area contributed by atoms with Crippen molar-refractivity contribution in [2.24, 2.45) is 5.92 Å². The van der Waals surface area contributed by atoms with E-state index in [1.54, 1.807) is 0 Å². The molecular weight excluding hydrogens is 250 g/mol. The van der Waals surface area contributed by atoms with Gasteiger partial charge in [-0.2, -0.15) is 0 Å². The van der Waals surface area contributed by atoms with Gasteiger partial charge in [-0.3, -0.25) is 4.79 Å². The van der Waals surface area contributed by atoms with Crippen molar-refractivity contribution < 1.29 is 9.90 Å². The van der Waals surface area contributed by atoms with E-state index in [1.165, 1.54) is 0 Å². The molecule has 2 N–H and O–H groups in total. The number of carbonyl (C=O) groups excluding carboxylic acids is 1. The lowest BCUT2D eigenvalue weighted by Gasteiger charge is -2.14. The van der Waals surface area contributed by atoms with Gasteiger partial charge in [-0.25, -0.2) is 0 Å². The highest BCUT2D eigenvalue weighted by Gasteiger charge is 2.30. The normalized spacial score (nSPS) is 23.0.